The highest BCUT2D eigenvalue weighted by atomic mass is 32.2. The molecule has 1 aromatic carbocycles. The quantitative estimate of drug-likeness (QED) is 0.410. The molecular weight excluding hydrogens is 308 g/mol. The average molecular weight is 335 g/mol. The Morgan fingerprint density at radius 2 is 1.86 bits per heavy atom. The second-order valence-electron chi connectivity index (χ2n) is 6.80. The minimum Gasteiger partial charge on any atom is -0.361 e. The van der Waals surface area contributed by atoms with Crippen LogP contribution >= 0.6 is 11.8 Å². The van der Waals surface area contributed by atoms with Gasteiger partial charge in [0.1, 0.15) is 6.73 Å². The van der Waals surface area contributed by atoms with Gasteiger partial charge in [0.15, 0.2) is 5.16 Å². The van der Waals surface area contributed by atoms with Gasteiger partial charge in [-0.25, -0.2) is 4.98 Å². The Labute approximate surface area is 139 Å². The number of imidazole rings is 1. The molecule has 3 nitrogen and oxygen atoms in total. The summed E-state index contributed by atoms with van der Waals surface area (Å²) in [5.74, 6) is 0. The average Bonchev–Trinajstić information content (AvgIpc) is 2.86. The first-order valence-corrected chi connectivity index (χ1v) is 12.6. The highest BCUT2D eigenvalue weighted by molar-refractivity contribution is 7.98. The van der Waals surface area contributed by atoms with Crippen molar-refractivity contribution in [3.63, 3.8) is 0 Å². The Hall–Kier alpha value is -1.04. The zero-order chi connectivity index (χ0) is 16.2. The molecule has 0 aliphatic heterocycles. The van der Waals surface area contributed by atoms with E-state index in [0.717, 1.165) is 23.0 Å². The zero-order valence-corrected chi connectivity index (χ0v) is 16.0. The van der Waals surface area contributed by atoms with Gasteiger partial charge in [-0.2, -0.15) is 0 Å². The summed E-state index contributed by atoms with van der Waals surface area (Å²) < 4.78 is 7.95. The van der Waals surface area contributed by atoms with E-state index in [-0.39, 0.29) is 0 Å². The maximum absolute atomic E-state index is 5.85. The Bertz CT molecular complexity index is 602. The molecule has 1 heterocycles. The predicted octanol–water partition coefficient (Wildman–Crippen LogP) is 4.89. The molecule has 0 N–H and O–H groups in total. The lowest BCUT2D eigenvalue weighted by Gasteiger charge is -2.15. The summed E-state index contributed by atoms with van der Waals surface area (Å²) in [7, 11) is -1.03. The number of hydrogen-bond acceptors (Lipinski definition) is 3. The highest BCUT2D eigenvalue weighted by Crippen LogP contribution is 2.23. The summed E-state index contributed by atoms with van der Waals surface area (Å²) in [6.45, 7) is 10.6. The van der Waals surface area contributed by atoms with E-state index in [1.54, 1.807) is 11.8 Å². The van der Waals surface area contributed by atoms with Crippen LogP contribution in [-0.4, -0.2) is 30.5 Å². The zero-order valence-electron chi connectivity index (χ0n) is 14.2. The lowest BCUT2D eigenvalue weighted by molar-refractivity contribution is 0.0814. The summed E-state index contributed by atoms with van der Waals surface area (Å²) in [6, 6.07) is 9.69. The van der Waals surface area contributed by atoms with Crippen molar-refractivity contribution in [3.05, 3.63) is 36.0 Å². The maximum atomic E-state index is 5.85. The molecule has 0 saturated heterocycles. The van der Waals surface area contributed by atoms with Crippen LogP contribution in [0.3, 0.4) is 0 Å². The van der Waals surface area contributed by atoms with Crippen LogP contribution in [0.25, 0.3) is 11.3 Å². The summed E-state index contributed by atoms with van der Waals surface area (Å²) in [5, 5.41) is 1.00. The number of rotatable bonds is 7. The molecule has 0 unspecified atom stereocenters. The van der Waals surface area contributed by atoms with Crippen LogP contribution in [0.4, 0.5) is 0 Å². The van der Waals surface area contributed by atoms with E-state index in [9.17, 15) is 0 Å². The van der Waals surface area contributed by atoms with Gasteiger partial charge in [0.05, 0.1) is 5.69 Å². The van der Waals surface area contributed by atoms with Crippen molar-refractivity contribution < 1.29 is 4.74 Å². The molecule has 5 heteroatoms. The van der Waals surface area contributed by atoms with E-state index in [4.69, 9.17) is 9.72 Å². The summed E-state index contributed by atoms with van der Waals surface area (Å²) in [6.07, 6.45) is 4.14. The third kappa shape index (κ3) is 5.00. The third-order valence-corrected chi connectivity index (χ3v) is 5.89. The first kappa shape index (κ1) is 17.3. The van der Waals surface area contributed by atoms with Gasteiger partial charge >= 0.3 is 0 Å². The molecule has 0 bridgehead atoms. The molecule has 0 saturated carbocycles. The normalized spacial score (nSPS) is 11.9. The fourth-order valence-corrected chi connectivity index (χ4v) is 3.35. The molecule has 0 radical (unpaired) electrons. The van der Waals surface area contributed by atoms with Gasteiger partial charge in [0, 0.05) is 26.4 Å². The largest absolute Gasteiger partial charge is 0.361 e. The van der Waals surface area contributed by atoms with Gasteiger partial charge in [0.2, 0.25) is 0 Å². The fraction of sp³-hybridized carbons (Fsp3) is 0.471. The van der Waals surface area contributed by atoms with E-state index in [0.29, 0.717) is 6.73 Å². The van der Waals surface area contributed by atoms with E-state index < -0.39 is 8.07 Å². The lowest BCUT2D eigenvalue weighted by atomic mass is 10.1. The van der Waals surface area contributed by atoms with Crippen molar-refractivity contribution in [1.29, 1.82) is 0 Å². The van der Waals surface area contributed by atoms with Gasteiger partial charge in [-0.1, -0.05) is 61.2 Å². The Morgan fingerprint density at radius 3 is 2.45 bits per heavy atom. The van der Waals surface area contributed by atoms with E-state index >= 15 is 0 Å². The minimum absolute atomic E-state index is 0.583. The fourth-order valence-electron chi connectivity index (χ4n) is 2.06. The number of aromatic nitrogens is 2. The number of hydrogen-bond donors (Lipinski definition) is 0. The molecule has 0 atom stereocenters. The number of aryl methyl sites for hydroxylation is 1. The van der Waals surface area contributed by atoms with Crippen LogP contribution in [0.15, 0.2) is 35.6 Å². The Kier molecular flexibility index (Phi) is 5.89. The van der Waals surface area contributed by atoms with Gasteiger partial charge in [-0.05, 0) is 19.2 Å². The van der Waals surface area contributed by atoms with Gasteiger partial charge in [0.25, 0.3) is 0 Å². The van der Waals surface area contributed by atoms with Crippen molar-refractivity contribution in [2.45, 2.75) is 44.5 Å². The molecule has 0 fully saturated rings. The number of nitrogens with zero attached hydrogens (tertiary/aromatic N) is 2. The van der Waals surface area contributed by atoms with Crippen LogP contribution in [0.1, 0.15) is 5.56 Å². The predicted molar refractivity (Wildman–Crippen MR) is 98.3 cm³/mol. The number of thioether (sulfide) groups is 1. The van der Waals surface area contributed by atoms with Gasteiger partial charge in [-0.3, -0.25) is 0 Å². The topological polar surface area (TPSA) is 27.1 Å². The Morgan fingerprint density at radius 1 is 1.18 bits per heavy atom. The molecule has 0 spiro atoms. The van der Waals surface area contributed by atoms with E-state index in [1.807, 2.05) is 0 Å². The van der Waals surface area contributed by atoms with Crippen molar-refractivity contribution in [3.8, 4) is 11.3 Å². The molecule has 0 amide bonds. The first-order valence-electron chi connectivity index (χ1n) is 7.65. The molecule has 2 rings (SSSR count). The first-order chi connectivity index (χ1) is 10.4. The van der Waals surface area contributed by atoms with Crippen LogP contribution < -0.4 is 0 Å². The molecule has 2 aromatic rings. The second kappa shape index (κ2) is 7.48. The van der Waals surface area contributed by atoms with Crippen LogP contribution in [0.5, 0.6) is 0 Å². The van der Waals surface area contributed by atoms with E-state index in [2.05, 4.69) is 67.8 Å². The number of benzene rings is 1. The molecule has 0 aliphatic carbocycles. The molecular formula is C17H26N2OSSi. The van der Waals surface area contributed by atoms with Crippen molar-refractivity contribution in [2.75, 3.05) is 12.9 Å². The van der Waals surface area contributed by atoms with E-state index in [1.165, 1.54) is 11.6 Å². The van der Waals surface area contributed by atoms with Gasteiger partial charge < -0.3 is 9.30 Å². The van der Waals surface area contributed by atoms with Crippen molar-refractivity contribution >= 4 is 19.8 Å². The third-order valence-electron chi connectivity index (χ3n) is 3.50. The van der Waals surface area contributed by atoms with Gasteiger partial charge in [-0.15, -0.1) is 0 Å². The Balaban J connectivity index is 2.04. The number of ether oxygens (including phenoxy) is 1. The van der Waals surface area contributed by atoms with Crippen molar-refractivity contribution in [1.82, 2.24) is 9.55 Å². The summed E-state index contributed by atoms with van der Waals surface area (Å²) >= 11 is 1.66. The highest BCUT2D eigenvalue weighted by Gasteiger charge is 2.13. The smallest absolute Gasteiger partial charge is 0.170 e. The van der Waals surface area contributed by atoms with Crippen LogP contribution in [-0.2, 0) is 11.5 Å². The minimum atomic E-state index is -1.03. The standard InChI is InChI=1S/C17H26N2OSSi/c1-14-6-8-15(9-7-14)16-12-19(17(18-16)21-2)13-20-10-11-22(3,4)5/h6-9,12H,10-11,13H2,1-5H3. The maximum Gasteiger partial charge on any atom is 0.170 e. The molecule has 0 aliphatic rings. The summed E-state index contributed by atoms with van der Waals surface area (Å²) in [5.41, 5.74) is 3.43. The summed E-state index contributed by atoms with van der Waals surface area (Å²) in [4.78, 5) is 4.71. The molecule has 22 heavy (non-hydrogen) atoms. The SMILES string of the molecule is CSc1nc(-c2ccc(C)cc2)cn1COCC[Si](C)(C)C. The second-order valence-corrected chi connectivity index (χ2v) is 13.2. The molecule has 120 valence electrons. The van der Waals surface area contributed by atoms with Crippen molar-refractivity contribution in [2.24, 2.45) is 0 Å². The van der Waals surface area contributed by atoms with Crippen LogP contribution in [0, 0.1) is 6.92 Å². The lowest BCUT2D eigenvalue weighted by Crippen LogP contribution is -2.22. The molecule has 1 aromatic heterocycles. The van der Waals surface area contributed by atoms with Crippen LogP contribution in [0.2, 0.25) is 25.7 Å². The monoisotopic (exact) mass is 334 g/mol.